The van der Waals surface area contributed by atoms with E-state index in [1.807, 2.05) is 62.4 Å². The molecule has 2 aromatic rings. The van der Waals surface area contributed by atoms with Gasteiger partial charge in [0.25, 0.3) is 0 Å². The fourth-order valence-electron chi connectivity index (χ4n) is 1.99. The summed E-state index contributed by atoms with van der Waals surface area (Å²) >= 11 is 0. The van der Waals surface area contributed by atoms with Gasteiger partial charge in [-0.15, -0.1) is 0 Å². The molecule has 0 aliphatic carbocycles. The van der Waals surface area contributed by atoms with E-state index in [9.17, 15) is 0 Å². The summed E-state index contributed by atoms with van der Waals surface area (Å²) in [5.74, 6) is 1.73. The Balaban J connectivity index is 0.000000970. The molecule has 2 aromatic carbocycles. The summed E-state index contributed by atoms with van der Waals surface area (Å²) in [6.07, 6.45) is 1.71. The molecule has 0 radical (unpaired) electrons. The summed E-state index contributed by atoms with van der Waals surface area (Å²) in [6, 6.07) is 17.8. The zero-order valence-electron chi connectivity index (χ0n) is 15.7. The van der Waals surface area contributed by atoms with E-state index >= 15 is 0 Å². The summed E-state index contributed by atoms with van der Waals surface area (Å²) in [6.45, 7) is 12.2. The molecule has 3 heteroatoms. The maximum Gasteiger partial charge on any atom is 0.127 e. The van der Waals surface area contributed by atoms with Gasteiger partial charge in [-0.05, 0) is 48.9 Å². The van der Waals surface area contributed by atoms with Crippen molar-refractivity contribution < 1.29 is 4.74 Å². The lowest BCUT2D eigenvalue weighted by atomic mass is 10.1. The van der Waals surface area contributed by atoms with Crippen molar-refractivity contribution in [2.45, 2.75) is 40.5 Å². The molecule has 2 rings (SSSR count). The molecule has 0 saturated carbocycles. The van der Waals surface area contributed by atoms with E-state index in [4.69, 9.17) is 10.00 Å². The van der Waals surface area contributed by atoms with Crippen LogP contribution < -0.4 is 10.1 Å². The van der Waals surface area contributed by atoms with Gasteiger partial charge >= 0.3 is 0 Å². The Hall–Kier alpha value is -2.73. The predicted octanol–water partition coefficient (Wildman–Crippen LogP) is 6.68. The van der Waals surface area contributed by atoms with E-state index in [0.29, 0.717) is 6.42 Å². The van der Waals surface area contributed by atoms with Crippen LogP contribution in [0, 0.1) is 24.2 Å². The van der Waals surface area contributed by atoms with Crippen LogP contribution in [-0.4, -0.2) is 0 Å². The molecule has 1 unspecified atom stereocenters. The number of ether oxygens (including phenoxy) is 1. The van der Waals surface area contributed by atoms with Crippen molar-refractivity contribution in [3.05, 3.63) is 66.4 Å². The Morgan fingerprint density at radius 2 is 1.80 bits per heavy atom. The van der Waals surface area contributed by atoms with Crippen molar-refractivity contribution in [1.82, 2.24) is 0 Å². The van der Waals surface area contributed by atoms with Gasteiger partial charge in [-0.2, -0.15) is 5.26 Å². The smallest absolute Gasteiger partial charge is 0.127 e. The van der Waals surface area contributed by atoms with Crippen molar-refractivity contribution in [2.75, 3.05) is 5.32 Å². The van der Waals surface area contributed by atoms with Gasteiger partial charge in [0.05, 0.1) is 6.07 Å². The van der Waals surface area contributed by atoms with Gasteiger partial charge in [0, 0.05) is 23.7 Å². The Labute approximate surface area is 152 Å². The molecule has 0 aromatic heterocycles. The van der Waals surface area contributed by atoms with Crippen LogP contribution in [-0.2, 0) is 0 Å². The van der Waals surface area contributed by atoms with Crippen molar-refractivity contribution in [3.8, 4) is 17.6 Å². The number of nitrogens with one attached hydrogen (secondary N) is 1. The lowest BCUT2D eigenvalue weighted by molar-refractivity contribution is 0.482. The summed E-state index contributed by atoms with van der Waals surface area (Å²) in [5, 5.41) is 11.9. The minimum Gasteiger partial charge on any atom is -0.457 e. The fraction of sp³-hybridized carbons (Fsp3) is 0.318. The third-order valence-electron chi connectivity index (χ3n) is 3.38. The molecule has 0 amide bonds. The van der Waals surface area contributed by atoms with E-state index < -0.39 is 0 Å². The van der Waals surface area contributed by atoms with Crippen LogP contribution in [0.1, 0.15) is 39.2 Å². The molecule has 3 nitrogen and oxygen atoms in total. The van der Waals surface area contributed by atoms with E-state index in [0.717, 1.165) is 22.9 Å². The second-order valence-electron chi connectivity index (χ2n) is 6.06. The Kier molecular flexibility index (Phi) is 8.89. The second kappa shape index (κ2) is 10.9. The van der Waals surface area contributed by atoms with Crippen molar-refractivity contribution in [2.24, 2.45) is 5.92 Å². The van der Waals surface area contributed by atoms with Gasteiger partial charge < -0.3 is 10.1 Å². The van der Waals surface area contributed by atoms with Crippen molar-refractivity contribution >= 4 is 5.69 Å². The van der Waals surface area contributed by atoms with E-state index in [1.54, 1.807) is 0 Å². The largest absolute Gasteiger partial charge is 0.457 e. The molecular weight excluding hydrogens is 308 g/mol. The van der Waals surface area contributed by atoms with Gasteiger partial charge in [-0.25, -0.2) is 0 Å². The molecular formula is C22H28N2O. The van der Waals surface area contributed by atoms with Crippen LogP contribution in [0.15, 0.2) is 60.8 Å². The van der Waals surface area contributed by atoms with Crippen LogP contribution >= 0.6 is 0 Å². The Bertz CT molecular complexity index is 699. The first-order chi connectivity index (χ1) is 12.0. The van der Waals surface area contributed by atoms with E-state index in [-0.39, 0.29) is 5.92 Å². The number of aryl methyl sites for hydroxylation is 1. The van der Waals surface area contributed by atoms with Crippen molar-refractivity contribution in [1.29, 1.82) is 5.26 Å². The normalized spacial score (nSPS) is 10.7. The fourth-order valence-corrected chi connectivity index (χ4v) is 1.99. The van der Waals surface area contributed by atoms with Gasteiger partial charge in [0.15, 0.2) is 0 Å². The molecule has 1 N–H and O–H groups in total. The quantitative estimate of drug-likeness (QED) is 0.640. The number of benzene rings is 2. The van der Waals surface area contributed by atoms with E-state index in [1.165, 1.54) is 12.0 Å². The molecule has 0 aliphatic rings. The zero-order valence-corrected chi connectivity index (χ0v) is 15.7. The molecule has 0 saturated heterocycles. The first kappa shape index (κ1) is 20.3. The van der Waals surface area contributed by atoms with Crippen LogP contribution in [0.4, 0.5) is 5.69 Å². The Morgan fingerprint density at radius 3 is 2.36 bits per heavy atom. The SMILES string of the molecule is C=C(Nc1ccc(Oc2cccc(C)c2)cc1)C(C)CC#N.CCC. The lowest BCUT2D eigenvalue weighted by Crippen LogP contribution is -2.07. The molecule has 1 atom stereocenters. The maximum atomic E-state index is 8.71. The monoisotopic (exact) mass is 336 g/mol. The molecule has 0 spiro atoms. The average molecular weight is 336 g/mol. The standard InChI is InChI=1S/C19H20N2O.C3H8/c1-14-5-4-6-19(13-14)22-18-9-7-17(8-10-18)21-16(3)15(2)11-12-20;1-3-2/h4-10,13,15,21H,3,11H2,1-2H3;3H2,1-2H3. The summed E-state index contributed by atoms with van der Waals surface area (Å²) in [5.41, 5.74) is 2.94. The summed E-state index contributed by atoms with van der Waals surface area (Å²) in [4.78, 5) is 0. The highest BCUT2D eigenvalue weighted by atomic mass is 16.5. The number of hydrogen-bond donors (Lipinski definition) is 1. The molecule has 25 heavy (non-hydrogen) atoms. The second-order valence-corrected chi connectivity index (χ2v) is 6.06. The zero-order chi connectivity index (χ0) is 18.7. The lowest BCUT2D eigenvalue weighted by Gasteiger charge is -2.14. The van der Waals surface area contributed by atoms with Crippen LogP contribution in [0.3, 0.4) is 0 Å². The van der Waals surface area contributed by atoms with Gasteiger partial charge in [-0.1, -0.05) is 45.9 Å². The Morgan fingerprint density at radius 1 is 1.16 bits per heavy atom. The summed E-state index contributed by atoms with van der Waals surface area (Å²) < 4.78 is 5.81. The minimum absolute atomic E-state index is 0.119. The molecule has 0 heterocycles. The highest BCUT2D eigenvalue weighted by Gasteiger charge is 2.06. The maximum absolute atomic E-state index is 8.71. The number of allylic oxidation sites excluding steroid dienone is 1. The highest BCUT2D eigenvalue weighted by Crippen LogP contribution is 2.25. The third kappa shape index (κ3) is 7.58. The average Bonchev–Trinajstić information content (AvgIpc) is 2.57. The van der Waals surface area contributed by atoms with Gasteiger partial charge in [-0.3, -0.25) is 0 Å². The number of anilines is 1. The first-order valence-electron chi connectivity index (χ1n) is 8.67. The van der Waals surface area contributed by atoms with Gasteiger partial charge in [0.2, 0.25) is 0 Å². The number of nitrogens with zero attached hydrogens (tertiary/aromatic N) is 1. The number of hydrogen-bond acceptors (Lipinski definition) is 3. The highest BCUT2D eigenvalue weighted by molar-refractivity contribution is 5.51. The molecule has 0 bridgehead atoms. The number of rotatable bonds is 6. The molecule has 132 valence electrons. The first-order valence-corrected chi connectivity index (χ1v) is 8.67. The number of nitriles is 1. The van der Waals surface area contributed by atoms with Gasteiger partial charge in [0.1, 0.15) is 11.5 Å². The van der Waals surface area contributed by atoms with Crippen LogP contribution in [0.5, 0.6) is 11.5 Å². The van der Waals surface area contributed by atoms with E-state index in [2.05, 4.69) is 31.8 Å². The summed E-state index contributed by atoms with van der Waals surface area (Å²) in [7, 11) is 0. The van der Waals surface area contributed by atoms with Crippen LogP contribution in [0.2, 0.25) is 0 Å². The van der Waals surface area contributed by atoms with Crippen molar-refractivity contribution in [3.63, 3.8) is 0 Å². The third-order valence-corrected chi connectivity index (χ3v) is 3.38. The molecule has 0 fully saturated rings. The predicted molar refractivity (Wildman–Crippen MR) is 106 cm³/mol. The minimum atomic E-state index is 0.119. The molecule has 0 aliphatic heterocycles. The van der Waals surface area contributed by atoms with Crippen LogP contribution in [0.25, 0.3) is 0 Å². The topological polar surface area (TPSA) is 45.0 Å².